The highest BCUT2D eigenvalue weighted by Gasteiger charge is 2.17. The number of nitrogens with two attached hydrogens (primary N) is 1. The van der Waals surface area contributed by atoms with Gasteiger partial charge in [0.15, 0.2) is 0 Å². The Morgan fingerprint density at radius 2 is 1.74 bits per heavy atom. The molecule has 0 saturated carbocycles. The molecule has 3 N–H and O–H groups in total. The van der Waals surface area contributed by atoms with E-state index in [1.165, 1.54) is 12.1 Å². The van der Waals surface area contributed by atoms with E-state index in [-0.39, 0.29) is 11.6 Å². The number of rotatable bonds is 3. The number of hydrogen-bond donors (Lipinski definition) is 2. The van der Waals surface area contributed by atoms with Gasteiger partial charge in [-0.15, -0.1) is 0 Å². The summed E-state index contributed by atoms with van der Waals surface area (Å²) in [7, 11) is 0. The molecule has 2 aromatic rings. The summed E-state index contributed by atoms with van der Waals surface area (Å²) in [5.74, 6) is 4.81. The normalized spacial score (nSPS) is 12.5. The maximum atomic E-state index is 14.0. The van der Waals surface area contributed by atoms with Crippen molar-refractivity contribution >= 4 is 0 Å². The Morgan fingerprint density at radius 1 is 1.00 bits per heavy atom. The first-order chi connectivity index (χ1) is 9.02. The summed E-state index contributed by atoms with van der Waals surface area (Å²) in [5.41, 5.74) is 4.90. The molecule has 2 nitrogen and oxygen atoms in total. The molecule has 19 heavy (non-hydrogen) atoms. The van der Waals surface area contributed by atoms with E-state index < -0.39 is 6.04 Å². The van der Waals surface area contributed by atoms with Crippen LogP contribution in [-0.4, -0.2) is 0 Å². The standard InChI is InChI=1S/C15H16F2N2/c1-9-3-6-12(14(17)7-9)15(19-18)11-5-4-10(2)13(16)8-11/h3-8,15,19H,18H2,1-2H3. The SMILES string of the molecule is Cc1ccc(C(NN)c2ccc(C)c(F)c2)c(F)c1. The lowest BCUT2D eigenvalue weighted by atomic mass is 9.97. The van der Waals surface area contributed by atoms with Gasteiger partial charge in [-0.25, -0.2) is 14.2 Å². The zero-order chi connectivity index (χ0) is 14.0. The second-order valence-corrected chi connectivity index (χ2v) is 4.63. The summed E-state index contributed by atoms with van der Waals surface area (Å²) in [6.45, 7) is 3.49. The third-order valence-corrected chi connectivity index (χ3v) is 3.16. The van der Waals surface area contributed by atoms with Gasteiger partial charge >= 0.3 is 0 Å². The molecular weight excluding hydrogens is 246 g/mol. The average molecular weight is 262 g/mol. The minimum atomic E-state index is -0.573. The highest BCUT2D eigenvalue weighted by Crippen LogP contribution is 2.25. The molecule has 0 aliphatic carbocycles. The molecule has 0 spiro atoms. The van der Waals surface area contributed by atoms with Crippen LogP contribution in [0.5, 0.6) is 0 Å². The summed E-state index contributed by atoms with van der Waals surface area (Å²) in [6.07, 6.45) is 0. The molecular formula is C15H16F2N2. The van der Waals surface area contributed by atoms with Crippen molar-refractivity contribution in [1.82, 2.24) is 5.43 Å². The first-order valence-corrected chi connectivity index (χ1v) is 6.01. The first-order valence-electron chi connectivity index (χ1n) is 6.01. The number of nitrogens with one attached hydrogen (secondary N) is 1. The van der Waals surface area contributed by atoms with E-state index in [0.717, 1.165) is 5.56 Å². The smallest absolute Gasteiger partial charge is 0.128 e. The van der Waals surface area contributed by atoms with Crippen LogP contribution in [0.3, 0.4) is 0 Å². The van der Waals surface area contributed by atoms with Crippen molar-refractivity contribution in [3.8, 4) is 0 Å². The van der Waals surface area contributed by atoms with E-state index in [4.69, 9.17) is 5.84 Å². The maximum absolute atomic E-state index is 14.0. The van der Waals surface area contributed by atoms with Gasteiger partial charge in [-0.1, -0.05) is 24.3 Å². The molecule has 4 heteroatoms. The van der Waals surface area contributed by atoms with Crippen LogP contribution in [0.15, 0.2) is 36.4 Å². The van der Waals surface area contributed by atoms with Gasteiger partial charge in [0.1, 0.15) is 11.6 Å². The van der Waals surface area contributed by atoms with Gasteiger partial charge in [-0.3, -0.25) is 5.84 Å². The van der Waals surface area contributed by atoms with Gasteiger partial charge in [-0.05, 0) is 42.7 Å². The van der Waals surface area contributed by atoms with Crippen molar-refractivity contribution in [3.05, 3.63) is 70.3 Å². The molecule has 1 atom stereocenters. The van der Waals surface area contributed by atoms with Crippen LogP contribution in [0.25, 0.3) is 0 Å². The molecule has 0 aromatic heterocycles. The van der Waals surface area contributed by atoms with E-state index in [1.807, 2.05) is 6.92 Å². The predicted molar refractivity (Wildman–Crippen MR) is 71.4 cm³/mol. The fourth-order valence-electron chi connectivity index (χ4n) is 2.02. The number of aryl methyl sites for hydroxylation is 2. The molecule has 0 aliphatic rings. The van der Waals surface area contributed by atoms with E-state index in [2.05, 4.69) is 5.43 Å². The molecule has 0 aliphatic heterocycles. The van der Waals surface area contributed by atoms with Crippen LogP contribution in [0, 0.1) is 25.5 Å². The van der Waals surface area contributed by atoms with Crippen molar-refractivity contribution < 1.29 is 8.78 Å². The predicted octanol–water partition coefficient (Wildman–Crippen LogP) is 3.13. The first kappa shape index (κ1) is 13.6. The highest BCUT2D eigenvalue weighted by atomic mass is 19.1. The Bertz CT molecular complexity index is 597. The number of benzene rings is 2. The van der Waals surface area contributed by atoms with E-state index in [1.54, 1.807) is 31.2 Å². The van der Waals surface area contributed by atoms with Crippen LogP contribution < -0.4 is 11.3 Å². The largest absolute Gasteiger partial charge is 0.271 e. The van der Waals surface area contributed by atoms with Crippen molar-refractivity contribution in [2.45, 2.75) is 19.9 Å². The highest BCUT2D eigenvalue weighted by molar-refractivity contribution is 5.36. The van der Waals surface area contributed by atoms with Gasteiger partial charge in [0.05, 0.1) is 6.04 Å². The average Bonchev–Trinajstić information content (AvgIpc) is 2.37. The molecule has 0 saturated heterocycles. The second-order valence-electron chi connectivity index (χ2n) is 4.63. The summed E-state index contributed by atoms with van der Waals surface area (Å²) < 4.78 is 27.6. The Morgan fingerprint density at radius 3 is 2.32 bits per heavy atom. The third kappa shape index (κ3) is 2.80. The van der Waals surface area contributed by atoms with Gasteiger partial charge in [0.25, 0.3) is 0 Å². The second kappa shape index (κ2) is 5.47. The Kier molecular flexibility index (Phi) is 3.93. The number of hydrazine groups is 1. The third-order valence-electron chi connectivity index (χ3n) is 3.16. The van der Waals surface area contributed by atoms with Crippen molar-refractivity contribution in [3.63, 3.8) is 0 Å². The summed E-state index contributed by atoms with van der Waals surface area (Å²) in [6, 6.07) is 9.09. The Balaban J connectivity index is 2.46. The molecule has 0 bridgehead atoms. The summed E-state index contributed by atoms with van der Waals surface area (Å²) in [4.78, 5) is 0. The Hall–Kier alpha value is -1.78. The lowest BCUT2D eigenvalue weighted by Gasteiger charge is -2.18. The molecule has 0 amide bonds. The van der Waals surface area contributed by atoms with Gasteiger partial charge in [-0.2, -0.15) is 0 Å². The van der Waals surface area contributed by atoms with E-state index in [0.29, 0.717) is 16.7 Å². The fraction of sp³-hybridized carbons (Fsp3) is 0.200. The molecule has 100 valence electrons. The monoisotopic (exact) mass is 262 g/mol. The minimum Gasteiger partial charge on any atom is -0.271 e. The lowest BCUT2D eigenvalue weighted by molar-refractivity contribution is 0.554. The number of halogens is 2. The van der Waals surface area contributed by atoms with Gasteiger partial charge < -0.3 is 0 Å². The van der Waals surface area contributed by atoms with Crippen LogP contribution in [0.1, 0.15) is 28.3 Å². The molecule has 0 radical (unpaired) electrons. The maximum Gasteiger partial charge on any atom is 0.128 e. The van der Waals surface area contributed by atoms with Crippen LogP contribution in [0.2, 0.25) is 0 Å². The van der Waals surface area contributed by atoms with E-state index in [9.17, 15) is 8.78 Å². The molecule has 1 unspecified atom stereocenters. The van der Waals surface area contributed by atoms with Crippen LogP contribution in [0.4, 0.5) is 8.78 Å². The molecule has 0 heterocycles. The van der Waals surface area contributed by atoms with Crippen molar-refractivity contribution in [1.29, 1.82) is 0 Å². The lowest BCUT2D eigenvalue weighted by Crippen LogP contribution is -2.29. The van der Waals surface area contributed by atoms with Crippen LogP contribution in [-0.2, 0) is 0 Å². The fourth-order valence-corrected chi connectivity index (χ4v) is 2.02. The molecule has 2 rings (SSSR count). The molecule has 2 aromatic carbocycles. The van der Waals surface area contributed by atoms with Crippen molar-refractivity contribution in [2.24, 2.45) is 5.84 Å². The zero-order valence-corrected chi connectivity index (χ0v) is 10.9. The minimum absolute atomic E-state index is 0.328. The van der Waals surface area contributed by atoms with Crippen molar-refractivity contribution in [2.75, 3.05) is 0 Å². The van der Waals surface area contributed by atoms with Gasteiger partial charge in [0, 0.05) is 5.56 Å². The Labute approximate surface area is 111 Å². The number of hydrogen-bond acceptors (Lipinski definition) is 2. The topological polar surface area (TPSA) is 38.0 Å². The summed E-state index contributed by atoms with van der Waals surface area (Å²) >= 11 is 0. The van der Waals surface area contributed by atoms with Gasteiger partial charge in [0.2, 0.25) is 0 Å². The van der Waals surface area contributed by atoms with E-state index >= 15 is 0 Å². The molecule has 0 fully saturated rings. The summed E-state index contributed by atoms with van der Waals surface area (Å²) in [5, 5.41) is 0. The van der Waals surface area contributed by atoms with Crippen LogP contribution >= 0.6 is 0 Å². The quantitative estimate of drug-likeness (QED) is 0.658. The zero-order valence-electron chi connectivity index (χ0n) is 10.9.